The molecule has 2 nitrogen and oxygen atoms in total. The monoisotopic (exact) mass is 386 g/mol. The van der Waals surface area contributed by atoms with E-state index < -0.39 is 0 Å². The Balaban J connectivity index is 1.73. The van der Waals surface area contributed by atoms with Crippen LogP contribution in [0.4, 0.5) is 5.69 Å². The zero-order valence-electron chi connectivity index (χ0n) is 15.8. The smallest absolute Gasteiger partial charge is 0.0582 e. The van der Waals surface area contributed by atoms with E-state index in [9.17, 15) is 0 Å². The fraction of sp³-hybridized carbons (Fsp3) is 0.120. The lowest BCUT2D eigenvalue weighted by molar-refractivity contribution is 0.519. The van der Waals surface area contributed by atoms with Gasteiger partial charge in [-0.2, -0.15) is 0 Å². The van der Waals surface area contributed by atoms with Crippen LogP contribution < -0.4 is 11.1 Å². The van der Waals surface area contributed by atoms with Crippen molar-refractivity contribution in [3.05, 3.63) is 113 Å². The molecular formula is C25H23ClN2. The summed E-state index contributed by atoms with van der Waals surface area (Å²) < 4.78 is 0. The lowest BCUT2D eigenvalue weighted by atomic mass is 9.94. The van der Waals surface area contributed by atoms with E-state index in [0.29, 0.717) is 0 Å². The molecule has 4 aromatic carbocycles. The summed E-state index contributed by atoms with van der Waals surface area (Å²) >= 11 is 6.11. The second-order valence-electron chi connectivity index (χ2n) is 7.11. The third-order valence-electron chi connectivity index (χ3n) is 5.15. The first-order valence-electron chi connectivity index (χ1n) is 9.46. The Morgan fingerprint density at radius 1 is 0.786 bits per heavy atom. The lowest BCUT2D eigenvalue weighted by Gasteiger charge is -2.26. The molecule has 0 aliphatic rings. The molecule has 3 heteroatoms. The normalized spacial score (nSPS) is 13.4. The molecule has 0 fully saturated rings. The van der Waals surface area contributed by atoms with E-state index >= 15 is 0 Å². The van der Waals surface area contributed by atoms with Crippen molar-refractivity contribution in [1.29, 1.82) is 0 Å². The van der Waals surface area contributed by atoms with Gasteiger partial charge in [0.15, 0.2) is 0 Å². The molecule has 0 aliphatic heterocycles. The van der Waals surface area contributed by atoms with Crippen LogP contribution in [0.1, 0.15) is 35.7 Å². The van der Waals surface area contributed by atoms with Crippen LogP contribution in [0.15, 0.2) is 91.0 Å². The molecule has 3 N–H and O–H groups in total. The summed E-state index contributed by atoms with van der Waals surface area (Å²) in [6.07, 6.45) is 0. The topological polar surface area (TPSA) is 38.0 Å². The zero-order valence-corrected chi connectivity index (χ0v) is 16.5. The minimum absolute atomic E-state index is 0.00901. The van der Waals surface area contributed by atoms with Crippen molar-refractivity contribution >= 4 is 28.1 Å². The number of rotatable bonds is 5. The second kappa shape index (κ2) is 8.05. The molecule has 2 atom stereocenters. The summed E-state index contributed by atoms with van der Waals surface area (Å²) in [4.78, 5) is 0. The van der Waals surface area contributed by atoms with Crippen LogP contribution in [0, 0.1) is 0 Å². The highest BCUT2D eigenvalue weighted by atomic mass is 35.5. The summed E-state index contributed by atoms with van der Waals surface area (Å²) in [5.74, 6) is 0. The van der Waals surface area contributed by atoms with Crippen molar-refractivity contribution in [2.24, 2.45) is 0 Å². The summed E-state index contributed by atoms with van der Waals surface area (Å²) in [6.45, 7) is 2.21. The van der Waals surface area contributed by atoms with Gasteiger partial charge in [0.05, 0.1) is 6.04 Å². The highest BCUT2D eigenvalue weighted by Gasteiger charge is 2.19. The van der Waals surface area contributed by atoms with Crippen molar-refractivity contribution < 1.29 is 0 Å². The molecule has 0 aliphatic carbocycles. The quantitative estimate of drug-likeness (QED) is 0.383. The van der Waals surface area contributed by atoms with Crippen LogP contribution in [0.2, 0.25) is 5.02 Å². The van der Waals surface area contributed by atoms with E-state index in [4.69, 9.17) is 17.3 Å². The number of fused-ring (bicyclic) bond motifs is 1. The fourth-order valence-electron chi connectivity index (χ4n) is 3.75. The number of halogens is 1. The van der Waals surface area contributed by atoms with E-state index in [1.807, 2.05) is 30.3 Å². The molecule has 28 heavy (non-hydrogen) atoms. The SMILES string of the molecule is CC(NC(c1ccc(Cl)cc1)c1cccc(N)c1)c1cccc2ccccc12. The molecule has 0 aromatic heterocycles. The maximum atomic E-state index is 6.11. The Bertz CT molecular complexity index is 1080. The maximum absolute atomic E-state index is 6.11. The molecule has 0 spiro atoms. The van der Waals surface area contributed by atoms with Crippen LogP contribution in [0.5, 0.6) is 0 Å². The second-order valence-corrected chi connectivity index (χ2v) is 7.55. The van der Waals surface area contributed by atoms with Crippen molar-refractivity contribution in [3.63, 3.8) is 0 Å². The summed E-state index contributed by atoms with van der Waals surface area (Å²) in [5, 5.41) is 7.06. The predicted molar refractivity (Wildman–Crippen MR) is 120 cm³/mol. The summed E-state index contributed by atoms with van der Waals surface area (Å²) in [5.41, 5.74) is 10.4. The van der Waals surface area contributed by atoms with Crippen LogP contribution in [-0.2, 0) is 0 Å². The number of hydrogen-bond acceptors (Lipinski definition) is 2. The number of nitrogens with one attached hydrogen (secondary N) is 1. The van der Waals surface area contributed by atoms with Gasteiger partial charge in [-0.15, -0.1) is 0 Å². The van der Waals surface area contributed by atoms with Gasteiger partial charge in [-0.3, -0.25) is 5.32 Å². The first kappa shape index (κ1) is 18.5. The summed E-state index contributed by atoms with van der Waals surface area (Å²) in [7, 11) is 0. The Morgan fingerprint density at radius 3 is 2.29 bits per heavy atom. The Morgan fingerprint density at radius 2 is 1.50 bits per heavy atom. The number of anilines is 1. The average molecular weight is 387 g/mol. The van der Waals surface area contributed by atoms with Gasteiger partial charge in [0.1, 0.15) is 0 Å². The molecule has 0 saturated carbocycles. The highest BCUT2D eigenvalue weighted by Crippen LogP contribution is 2.30. The standard InChI is InChI=1S/C25H23ClN2/c1-17(23-11-5-7-18-6-2-3-10-24(18)23)28-25(19-12-14-21(26)15-13-19)20-8-4-9-22(27)16-20/h2-17,25,28H,27H2,1H3. The number of hydrogen-bond donors (Lipinski definition) is 2. The Hall–Kier alpha value is -2.81. The molecule has 0 saturated heterocycles. The van der Waals surface area contributed by atoms with Gasteiger partial charge < -0.3 is 5.73 Å². The summed E-state index contributed by atoms with van der Waals surface area (Å²) in [6, 6.07) is 31.2. The minimum Gasteiger partial charge on any atom is -0.399 e. The number of nitrogens with two attached hydrogens (primary N) is 1. The van der Waals surface area contributed by atoms with Crippen LogP contribution >= 0.6 is 11.6 Å². The largest absolute Gasteiger partial charge is 0.399 e. The van der Waals surface area contributed by atoms with Gasteiger partial charge >= 0.3 is 0 Å². The molecule has 4 rings (SSSR count). The first-order chi connectivity index (χ1) is 13.6. The molecular weight excluding hydrogens is 364 g/mol. The van der Waals surface area contributed by atoms with Crippen LogP contribution in [0.25, 0.3) is 10.8 Å². The first-order valence-corrected chi connectivity index (χ1v) is 9.84. The van der Waals surface area contributed by atoms with Gasteiger partial charge in [-0.05, 0) is 58.7 Å². The van der Waals surface area contributed by atoms with Crippen molar-refractivity contribution in [3.8, 4) is 0 Å². The predicted octanol–water partition coefficient (Wildman–Crippen LogP) is 6.52. The molecule has 140 valence electrons. The van der Waals surface area contributed by atoms with E-state index in [1.165, 1.54) is 16.3 Å². The van der Waals surface area contributed by atoms with Crippen LogP contribution in [-0.4, -0.2) is 0 Å². The third kappa shape index (κ3) is 3.89. The van der Waals surface area contributed by atoms with Gasteiger partial charge in [0.25, 0.3) is 0 Å². The Labute approximate surface area is 171 Å². The van der Waals surface area contributed by atoms with E-state index in [0.717, 1.165) is 21.8 Å². The zero-order chi connectivity index (χ0) is 19.5. The van der Waals surface area contributed by atoms with Crippen molar-refractivity contribution in [2.75, 3.05) is 5.73 Å². The van der Waals surface area contributed by atoms with Gasteiger partial charge in [-0.25, -0.2) is 0 Å². The molecule has 0 bridgehead atoms. The van der Waals surface area contributed by atoms with Crippen LogP contribution in [0.3, 0.4) is 0 Å². The average Bonchev–Trinajstić information content (AvgIpc) is 2.72. The third-order valence-corrected chi connectivity index (χ3v) is 5.41. The van der Waals surface area contributed by atoms with E-state index in [2.05, 4.69) is 72.9 Å². The van der Waals surface area contributed by atoms with Crippen molar-refractivity contribution in [2.45, 2.75) is 19.0 Å². The maximum Gasteiger partial charge on any atom is 0.0582 e. The van der Waals surface area contributed by atoms with Gasteiger partial charge in [0, 0.05) is 16.8 Å². The molecule has 0 amide bonds. The Kier molecular flexibility index (Phi) is 5.34. The minimum atomic E-state index is 0.00901. The van der Waals surface area contributed by atoms with Crippen molar-refractivity contribution in [1.82, 2.24) is 5.32 Å². The molecule has 2 unspecified atom stereocenters. The number of nitrogen functional groups attached to an aromatic ring is 1. The molecule has 4 aromatic rings. The lowest BCUT2D eigenvalue weighted by Crippen LogP contribution is -2.26. The number of benzene rings is 4. The highest BCUT2D eigenvalue weighted by molar-refractivity contribution is 6.30. The van der Waals surface area contributed by atoms with E-state index in [1.54, 1.807) is 0 Å². The van der Waals surface area contributed by atoms with Gasteiger partial charge in [0.2, 0.25) is 0 Å². The van der Waals surface area contributed by atoms with E-state index in [-0.39, 0.29) is 12.1 Å². The molecule has 0 heterocycles. The molecule has 0 radical (unpaired) electrons. The van der Waals surface area contributed by atoms with Gasteiger partial charge in [-0.1, -0.05) is 78.3 Å². The fourth-order valence-corrected chi connectivity index (χ4v) is 3.87.